The number of aliphatic carboxylic acids is 1. The highest BCUT2D eigenvalue weighted by atomic mass is 35.5. The lowest BCUT2D eigenvalue weighted by molar-refractivity contribution is -0.156. The van der Waals surface area contributed by atoms with E-state index in [0.717, 1.165) is 31.2 Å². The van der Waals surface area contributed by atoms with Gasteiger partial charge in [-0.1, -0.05) is 44.7 Å². The van der Waals surface area contributed by atoms with Gasteiger partial charge in [-0.25, -0.2) is 4.79 Å². The molecule has 0 saturated carbocycles. The predicted molar refractivity (Wildman–Crippen MR) is 86.2 cm³/mol. The first-order valence-corrected chi connectivity index (χ1v) is 8.01. The van der Waals surface area contributed by atoms with Gasteiger partial charge in [0.2, 0.25) is 5.60 Å². The van der Waals surface area contributed by atoms with Crippen molar-refractivity contribution in [2.24, 2.45) is 0 Å². The maximum absolute atomic E-state index is 11.7. The number of ether oxygens (including phenoxy) is 1. The molecule has 0 spiro atoms. The maximum atomic E-state index is 11.7. The second-order valence-electron chi connectivity index (χ2n) is 5.48. The van der Waals surface area contributed by atoms with Crippen molar-refractivity contribution in [3.8, 4) is 5.75 Å². The SMILES string of the molecule is CCCCCCC(CC)(Oc1ccc(Cl)cc1C)C(=O)O. The molecular formula is C17H25ClO3. The van der Waals surface area contributed by atoms with Gasteiger partial charge in [0.15, 0.2) is 0 Å². The normalized spacial score (nSPS) is 13.7. The van der Waals surface area contributed by atoms with Crippen LogP contribution >= 0.6 is 11.6 Å². The third-order valence-corrected chi connectivity index (χ3v) is 4.07. The second-order valence-corrected chi connectivity index (χ2v) is 5.91. The third kappa shape index (κ3) is 4.92. The van der Waals surface area contributed by atoms with E-state index in [1.54, 1.807) is 18.2 Å². The largest absolute Gasteiger partial charge is 0.478 e. The van der Waals surface area contributed by atoms with Crippen LogP contribution in [0.15, 0.2) is 18.2 Å². The van der Waals surface area contributed by atoms with Crippen LogP contribution in [0.2, 0.25) is 5.02 Å². The number of aryl methyl sites for hydroxylation is 1. The molecule has 4 heteroatoms. The molecule has 0 heterocycles. The molecule has 1 N–H and O–H groups in total. The van der Waals surface area contributed by atoms with Crippen molar-refractivity contribution in [1.29, 1.82) is 0 Å². The van der Waals surface area contributed by atoms with Crippen molar-refractivity contribution in [2.45, 2.75) is 64.9 Å². The second kappa shape index (κ2) is 8.28. The molecule has 1 rings (SSSR count). The number of unbranched alkanes of at least 4 members (excludes halogenated alkanes) is 3. The highest BCUT2D eigenvalue weighted by molar-refractivity contribution is 6.30. The Morgan fingerprint density at radius 1 is 1.29 bits per heavy atom. The zero-order chi connectivity index (χ0) is 15.9. The van der Waals surface area contributed by atoms with Crippen LogP contribution < -0.4 is 4.74 Å². The molecule has 21 heavy (non-hydrogen) atoms. The molecule has 0 saturated heterocycles. The molecule has 0 aliphatic heterocycles. The van der Waals surface area contributed by atoms with E-state index in [-0.39, 0.29) is 0 Å². The van der Waals surface area contributed by atoms with Crippen LogP contribution in [0.5, 0.6) is 5.75 Å². The summed E-state index contributed by atoms with van der Waals surface area (Å²) >= 11 is 5.93. The summed E-state index contributed by atoms with van der Waals surface area (Å²) in [7, 11) is 0. The zero-order valence-electron chi connectivity index (χ0n) is 13.1. The number of hydrogen-bond acceptors (Lipinski definition) is 2. The van der Waals surface area contributed by atoms with E-state index in [0.29, 0.717) is 23.6 Å². The topological polar surface area (TPSA) is 46.5 Å². The van der Waals surface area contributed by atoms with Crippen molar-refractivity contribution in [2.75, 3.05) is 0 Å². The molecule has 1 unspecified atom stereocenters. The van der Waals surface area contributed by atoms with Gasteiger partial charge >= 0.3 is 5.97 Å². The van der Waals surface area contributed by atoms with Gasteiger partial charge in [-0.15, -0.1) is 0 Å². The number of halogens is 1. The van der Waals surface area contributed by atoms with E-state index in [1.807, 2.05) is 13.8 Å². The summed E-state index contributed by atoms with van der Waals surface area (Å²) in [6.45, 7) is 5.87. The Morgan fingerprint density at radius 3 is 2.52 bits per heavy atom. The summed E-state index contributed by atoms with van der Waals surface area (Å²) in [6, 6.07) is 5.26. The highest BCUT2D eigenvalue weighted by Gasteiger charge is 2.39. The van der Waals surface area contributed by atoms with Gasteiger partial charge in [0.1, 0.15) is 5.75 Å². The Kier molecular flexibility index (Phi) is 7.03. The third-order valence-electron chi connectivity index (χ3n) is 3.84. The minimum absolute atomic E-state index is 0.441. The van der Waals surface area contributed by atoms with Crippen molar-refractivity contribution >= 4 is 17.6 Å². The first-order chi connectivity index (χ1) is 9.95. The molecule has 0 aliphatic carbocycles. The van der Waals surface area contributed by atoms with Gasteiger partial charge in [0.25, 0.3) is 0 Å². The number of carboxylic acids is 1. The first kappa shape index (κ1) is 17.8. The van der Waals surface area contributed by atoms with Crippen LogP contribution in [0, 0.1) is 6.92 Å². The van der Waals surface area contributed by atoms with E-state index < -0.39 is 11.6 Å². The molecule has 118 valence electrons. The molecule has 0 bridgehead atoms. The van der Waals surface area contributed by atoms with Crippen molar-refractivity contribution in [1.82, 2.24) is 0 Å². The highest BCUT2D eigenvalue weighted by Crippen LogP contribution is 2.31. The maximum Gasteiger partial charge on any atom is 0.348 e. The quantitative estimate of drug-likeness (QED) is 0.635. The Hall–Kier alpha value is -1.22. The summed E-state index contributed by atoms with van der Waals surface area (Å²) in [5.74, 6) is -0.296. The molecule has 0 radical (unpaired) electrons. The van der Waals surface area contributed by atoms with Crippen LogP contribution in [0.1, 0.15) is 57.9 Å². The smallest absolute Gasteiger partial charge is 0.348 e. The van der Waals surface area contributed by atoms with Gasteiger partial charge in [-0.05, 0) is 49.9 Å². The first-order valence-electron chi connectivity index (χ1n) is 7.63. The molecule has 1 atom stereocenters. The Balaban J connectivity index is 2.88. The summed E-state index contributed by atoms with van der Waals surface area (Å²) in [5.41, 5.74) is -0.290. The lowest BCUT2D eigenvalue weighted by atomic mass is 9.92. The number of carboxylic acid groups (broad SMARTS) is 1. The van der Waals surface area contributed by atoms with E-state index in [2.05, 4.69) is 6.92 Å². The summed E-state index contributed by atoms with van der Waals surface area (Å²) < 4.78 is 5.92. The summed E-state index contributed by atoms with van der Waals surface area (Å²) in [6.07, 6.45) is 5.12. The van der Waals surface area contributed by atoms with Crippen LogP contribution in [0.3, 0.4) is 0 Å². The molecule has 0 aromatic heterocycles. The minimum Gasteiger partial charge on any atom is -0.478 e. The summed E-state index contributed by atoms with van der Waals surface area (Å²) in [5, 5.41) is 10.3. The van der Waals surface area contributed by atoms with Crippen molar-refractivity contribution < 1.29 is 14.6 Å². The zero-order valence-corrected chi connectivity index (χ0v) is 13.9. The van der Waals surface area contributed by atoms with E-state index in [9.17, 15) is 9.90 Å². The molecule has 1 aromatic carbocycles. The van der Waals surface area contributed by atoms with Crippen LogP contribution in [0.4, 0.5) is 0 Å². The van der Waals surface area contributed by atoms with E-state index in [4.69, 9.17) is 16.3 Å². The fourth-order valence-electron chi connectivity index (χ4n) is 2.38. The monoisotopic (exact) mass is 312 g/mol. The lowest BCUT2D eigenvalue weighted by Gasteiger charge is -2.30. The molecule has 0 aliphatic rings. The van der Waals surface area contributed by atoms with Crippen molar-refractivity contribution in [3.63, 3.8) is 0 Å². The van der Waals surface area contributed by atoms with Gasteiger partial charge in [0.05, 0.1) is 0 Å². The summed E-state index contributed by atoms with van der Waals surface area (Å²) in [4.78, 5) is 11.7. The van der Waals surface area contributed by atoms with Crippen LogP contribution in [0.25, 0.3) is 0 Å². The van der Waals surface area contributed by atoms with Crippen LogP contribution in [-0.4, -0.2) is 16.7 Å². The number of rotatable bonds is 9. The van der Waals surface area contributed by atoms with Crippen molar-refractivity contribution in [3.05, 3.63) is 28.8 Å². The van der Waals surface area contributed by atoms with E-state index >= 15 is 0 Å². The van der Waals surface area contributed by atoms with Gasteiger partial charge in [-0.2, -0.15) is 0 Å². The fourth-order valence-corrected chi connectivity index (χ4v) is 2.60. The fraction of sp³-hybridized carbons (Fsp3) is 0.588. The van der Waals surface area contributed by atoms with Gasteiger partial charge in [0, 0.05) is 5.02 Å². The number of benzene rings is 1. The predicted octanol–water partition coefficient (Wildman–Crippen LogP) is 5.23. The molecule has 1 aromatic rings. The lowest BCUT2D eigenvalue weighted by Crippen LogP contribution is -2.44. The molecule has 0 amide bonds. The average Bonchev–Trinajstić information content (AvgIpc) is 2.44. The van der Waals surface area contributed by atoms with Crippen LogP contribution in [-0.2, 0) is 4.79 Å². The van der Waals surface area contributed by atoms with Gasteiger partial charge < -0.3 is 9.84 Å². The molecular weight excluding hydrogens is 288 g/mol. The Morgan fingerprint density at radius 2 is 2.00 bits per heavy atom. The number of carbonyl (C=O) groups is 1. The molecule has 3 nitrogen and oxygen atoms in total. The molecule has 0 fully saturated rings. The minimum atomic E-state index is -1.15. The Bertz CT molecular complexity index is 473. The van der Waals surface area contributed by atoms with E-state index in [1.165, 1.54) is 0 Å². The average molecular weight is 313 g/mol. The Labute approximate surface area is 132 Å². The van der Waals surface area contributed by atoms with Gasteiger partial charge in [-0.3, -0.25) is 0 Å². The number of hydrogen-bond donors (Lipinski definition) is 1. The standard InChI is InChI=1S/C17H25ClO3/c1-4-6-7-8-11-17(5-2,16(19)20)21-15-10-9-14(18)12-13(15)3/h9-10,12H,4-8,11H2,1-3H3,(H,19,20).